The lowest BCUT2D eigenvalue weighted by Gasteiger charge is -2.32. The van der Waals surface area contributed by atoms with Gasteiger partial charge in [-0.25, -0.2) is 19.4 Å². The second kappa shape index (κ2) is 19.0. The van der Waals surface area contributed by atoms with E-state index in [4.69, 9.17) is 14.2 Å². The van der Waals surface area contributed by atoms with Gasteiger partial charge in [-0.05, 0) is 38.2 Å². The second-order valence-corrected chi connectivity index (χ2v) is 11.6. The van der Waals surface area contributed by atoms with Crippen molar-refractivity contribution in [2.24, 2.45) is 5.92 Å². The molecule has 6 N–H and O–H groups in total. The zero-order valence-electron chi connectivity index (χ0n) is 28.2. The molecule has 1 fully saturated rings. The molecule has 0 aromatic heterocycles. The monoisotopic (exact) mass is 709 g/mol. The van der Waals surface area contributed by atoms with Crippen LogP contribution in [0.1, 0.15) is 52.5 Å². The Morgan fingerprint density at radius 3 is 2.04 bits per heavy atom. The molecule has 1 aliphatic rings. The summed E-state index contributed by atoms with van der Waals surface area (Å²) in [4.78, 5) is 101. The van der Waals surface area contributed by atoms with E-state index in [1.165, 1.54) is 6.92 Å². The number of carboxylic acids is 1. The van der Waals surface area contributed by atoms with Crippen LogP contribution in [0.25, 0.3) is 0 Å². The predicted octanol–water partition coefficient (Wildman–Crippen LogP) is -0.247. The highest BCUT2D eigenvalue weighted by atomic mass is 16.6. The third-order valence-electron chi connectivity index (χ3n) is 7.12. The molecule has 0 saturated carbocycles. The van der Waals surface area contributed by atoms with Crippen LogP contribution in [0.15, 0.2) is 30.3 Å². The minimum absolute atomic E-state index is 0.0412. The van der Waals surface area contributed by atoms with Gasteiger partial charge in [-0.15, -0.1) is 5.01 Å². The molecule has 1 heterocycles. The number of hydrogen-bond acceptors (Lipinski definition) is 12. The summed E-state index contributed by atoms with van der Waals surface area (Å²) < 4.78 is 14.9. The molecule has 50 heavy (non-hydrogen) atoms. The molecule has 1 saturated heterocycles. The molecule has 6 atom stereocenters. The van der Waals surface area contributed by atoms with E-state index >= 15 is 0 Å². The number of amides is 6. The van der Waals surface area contributed by atoms with Crippen LogP contribution >= 0.6 is 0 Å². The Bertz CT molecular complexity index is 1400. The first kappa shape index (κ1) is 40.9. The number of nitrogens with one attached hydrogen (secondary N) is 3. The van der Waals surface area contributed by atoms with Crippen LogP contribution in [-0.4, -0.2) is 123 Å². The van der Waals surface area contributed by atoms with Crippen molar-refractivity contribution in [1.82, 2.24) is 26.0 Å². The van der Waals surface area contributed by atoms with E-state index < -0.39 is 97.0 Å². The van der Waals surface area contributed by atoms with Gasteiger partial charge in [-0.1, -0.05) is 44.2 Å². The Kier molecular flexibility index (Phi) is 15.6. The number of hydrogen-bond donors (Lipinski definition) is 6. The molecular weight excluding hydrogens is 666 g/mol. The Morgan fingerprint density at radius 2 is 1.50 bits per heavy atom. The first-order valence-electron chi connectivity index (χ1n) is 15.6. The lowest BCUT2D eigenvalue weighted by atomic mass is 10.0. The van der Waals surface area contributed by atoms with E-state index in [0.29, 0.717) is 5.56 Å². The van der Waals surface area contributed by atoms with Gasteiger partial charge in [0.15, 0.2) is 12.2 Å². The highest BCUT2D eigenvalue weighted by Gasteiger charge is 2.55. The molecule has 2 rings (SSSR count). The van der Waals surface area contributed by atoms with Gasteiger partial charge in [-0.3, -0.25) is 24.0 Å². The predicted molar refractivity (Wildman–Crippen MR) is 168 cm³/mol. The average molecular weight is 710 g/mol. The quantitative estimate of drug-likeness (QED) is 0.0692. The molecule has 19 nitrogen and oxygen atoms in total. The SMILES string of the molecule is CCOC(=O)[C@@H]1O[C@H]1C(=O)N(C(=O)O)N(C)C(=O)[C@@H](NC(=O)[C@H](CCC(=O)O)NC(=O)[C@H](CC(C)C)NC(=O)OCc1ccccc1)[C@@H](C)O. The topological polar surface area (TPSA) is 271 Å². The third-order valence-corrected chi connectivity index (χ3v) is 7.12. The van der Waals surface area contributed by atoms with Gasteiger partial charge in [-0.2, -0.15) is 0 Å². The summed E-state index contributed by atoms with van der Waals surface area (Å²) in [6, 6.07) is 3.92. The second-order valence-electron chi connectivity index (χ2n) is 11.6. The number of aliphatic hydroxyl groups is 1. The fourth-order valence-corrected chi connectivity index (χ4v) is 4.56. The number of epoxide rings is 1. The third kappa shape index (κ3) is 12.3. The summed E-state index contributed by atoms with van der Waals surface area (Å²) in [5.74, 6) is -7.10. The number of aliphatic hydroxyl groups excluding tert-OH is 1. The van der Waals surface area contributed by atoms with Gasteiger partial charge in [0, 0.05) is 13.5 Å². The summed E-state index contributed by atoms with van der Waals surface area (Å²) in [6.45, 7) is 5.96. The zero-order valence-corrected chi connectivity index (χ0v) is 28.2. The van der Waals surface area contributed by atoms with Crippen molar-refractivity contribution in [3.05, 3.63) is 35.9 Å². The normalized spacial score (nSPS) is 17.2. The molecule has 0 aliphatic carbocycles. The molecule has 6 amide bonds. The number of benzene rings is 1. The van der Waals surface area contributed by atoms with Gasteiger partial charge in [0.05, 0.1) is 12.7 Å². The van der Waals surface area contributed by atoms with Gasteiger partial charge in [0.25, 0.3) is 11.8 Å². The summed E-state index contributed by atoms with van der Waals surface area (Å²) in [5, 5.41) is 36.5. The largest absolute Gasteiger partial charge is 0.481 e. The number of carboxylic acid groups (broad SMARTS) is 2. The molecule has 0 radical (unpaired) electrons. The first-order chi connectivity index (χ1) is 23.5. The fraction of sp³-hybridized carbons (Fsp3) is 0.548. The van der Waals surface area contributed by atoms with Crippen LogP contribution in [-0.2, 0) is 49.6 Å². The minimum atomic E-state index is -1.96. The lowest BCUT2D eigenvalue weighted by molar-refractivity contribution is -0.160. The number of nitrogens with zero attached hydrogens (tertiary/aromatic N) is 2. The summed E-state index contributed by atoms with van der Waals surface area (Å²) in [7, 11) is 0.848. The van der Waals surface area contributed by atoms with Crippen molar-refractivity contribution in [2.75, 3.05) is 13.7 Å². The van der Waals surface area contributed by atoms with Crippen LogP contribution in [0.4, 0.5) is 9.59 Å². The molecule has 1 aromatic carbocycles. The van der Waals surface area contributed by atoms with Crippen LogP contribution in [0.5, 0.6) is 0 Å². The van der Waals surface area contributed by atoms with Crippen LogP contribution in [0.3, 0.4) is 0 Å². The molecular formula is C31H43N5O14. The van der Waals surface area contributed by atoms with Crippen molar-refractivity contribution >= 4 is 47.8 Å². The maximum Gasteiger partial charge on any atom is 0.433 e. The number of carbonyl (C=O) groups is 8. The number of hydrazine groups is 1. The van der Waals surface area contributed by atoms with E-state index in [2.05, 4.69) is 16.0 Å². The Labute approximate surface area is 287 Å². The highest BCUT2D eigenvalue weighted by Crippen LogP contribution is 2.26. The number of alkyl carbamates (subject to hydrolysis) is 1. The lowest BCUT2D eigenvalue weighted by Crippen LogP contribution is -2.62. The van der Waals surface area contributed by atoms with Gasteiger partial charge in [0.2, 0.25) is 11.8 Å². The van der Waals surface area contributed by atoms with E-state index in [0.717, 1.165) is 14.0 Å². The number of carbonyl (C=O) groups excluding carboxylic acids is 6. The summed E-state index contributed by atoms with van der Waals surface area (Å²) >= 11 is 0. The maximum atomic E-state index is 13.4. The Morgan fingerprint density at radius 1 is 0.880 bits per heavy atom. The number of imide groups is 1. The fourth-order valence-electron chi connectivity index (χ4n) is 4.56. The Balaban J connectivity index is 2.21. The molecule has 0 bridgehead atoms. The Hall–Kier alpha value is -5.30. The number of rotatable bonds is 17. The van der Waals surface area contributed by atoms with Crippen molar-refractivity contribution in [3.63, 3.8) is 0 Å². The van der Waals surface area contributed by atoms with Crippen molar-refractivity contribution in [2.45, 2.75) is 90.0 Å². The van der Waals surface area contributed by atoms with Crippen molar-refractivity contribution in [3.8, 4) is 0 Å². The van der Waals surface area contributed by atoms with E-state index in [1.54, 1.807) is 44.2 Å². The van der Waals surface area contributed by atoms with E-state index in [-0.39, 0.29) is 35.6 Å². The molecule has 0 unspecified atom stereocenters. The highest BCUT2D eigenvalue weighted by molar-refractivity contribution is 6.01. The van der Waals surface area contributed by atoms with E-state index in [1.807, 2.05) is 0 Å². The molecule has 276 valence electrons. The smallest absolute Gasteiger partial charge is 0.433 e. The average Bonchev–Trinajstić information content (AvgIpc) is 3.85. The van der Waals surface area contributed by atoms with Crippen molar-refractivity contribution in [1.29, 1.82) is 0 Å². The summed E-state index contributed by atoms with van der Waals surface area (Å²) in [6.07, 6.45) is -8.64. The van der Waals surface area contributed by atoms with E-state index in [9.17, 15) is 53.7 Å². The van der Waals surface area contributed by atoms with Crippen LogP contribution in [0.2, 0.25) is 0 Å². The van der Waals surface area contributed by atoms with Crippen molar-refractivity contribution < 1.29 is 67.9 Å². The molecule has 19 heteroatoms. The first-order valence-corrected chi connectivity index (χ1v) is 15.6. The van der Waals surface area contributed by atoms with Gasteiger partial charge >= 0.3 is 24.1 Å². The molecule has 1 aromatic rings. The molecule has 0 spiro atoms. The zero-order chi connectivity index (χ0) is 37.7. The summed E-state index contributed by atoms with van der Waals surface area (Å²) in [5.41, 5.74) is 0.684. The van der Waals surface area contributed by atoms with Crippen LogP contribution in [0, 0.1) is 5.92 Å². The minimum Gasteiger partial charge on any atom is -0.481 e. The maximum absolute atomic E-state index is 13.4. The van der Waals surface area contributed by atoms with Crippen LogP contribution < -0.4 is 16.0 Å². The van der Waals surface area contributed by atoms with Gasteiger partial charge < -0.3 is 45.5 Å². The van der Waals surface area contributed by atoms with Gasteiger partial charge in [0.1, 0.15) is 24.7 Å². The molecule has 1 aliphatic heterocycles. The number of aliphatic carboxylic acids is 1. The number of esters is 1. The number of likely N-dealkylation sites (N-methyl/N-ethyl adjacent to an activating group) is 1. The standard InChI is InChI=1S/C31H43N5O14/c1-6-48-29(44)24-23(50-24)28(43)36(31(46)47)35(5)27(42)22(17(4)37)34-25(40)19(12-13-21(38)39)32-26(41)20(14-16(2)3)33-30(45)49-15-18-10-8-7-9-11-18/h7-11,16-17,19-20,22-24,37H,6,12-15H2,1-5H3,(H,32,41)(H,33,45)(H,34,40)(H,38,39)(H,46,47)/t17-,19+,20+,22+,23-,24-/m1/s1. The number of ether oxygens (including phenoxy) is 3.